The summed E-state index contributed by atoms with van der Waals surface area (Å²) in [6.07, 6.45) is -10.8. The Morgan fingerprint density at radius 3 is 1.95 bits per heavy atom. The lowest BCUT2D eigenvalue weighted by Crippen LogP contribution is -2.65. The molecule has 0 aromatic carbocycles. The number of amides is 1. The van der Waals surface area contributed by atoms with Crippen LogP contribution in [0.5, 0.6) is 0 Å². The third-order valence-corrected chi connectivity index (χ3v) is 1.98. The minimum atomic E-state index is -6.62. The molecule has 0 rings (SSSR count). The van der Waals surface area contributed by atoms with Gasteiger partial charge < -0.3 is 9.84 Å². The number of aliphatic hydroxyl groups excluding tert-OH is 1. The van der Waals surface area contributed by atoms with Gasteiger partial charge in [0.1, 0.15) is 0 Å². The summed E-state index contributed by atoms with van der Waals surface area (Å²) in [5.41, 5.74) is 0. The molecular formula is C8H9F8NO3. The van der Waals surface area contributed by atoms with Crippen molar-refractivity contribution in [3.8, 4) is 0 Å². The molecular weight excluding hydrogens is 310 g/mol. The summed E-state index contributed by atoms with van der Waals surface area (Å²) in [6.45, 7) is 0.775. The molecule has 0 saturated carbocycles. The molecule has 0 heterocycles. The normalized spacial score (nSPS) is 15.2. The Kier molecular flexibility index (Phi) is 5.58. The van der Waals surface area contributed by atoms with Crippen LogP contribution in [0, 0.1) is 0 Å². The van der Waals surface area contributed by atoms with E-state index in [2.05, 4.69) is 4.74 Å². The maximum Gasteiger partial charge on any atom is 0.409 e. The number of carbonyl (C=O) groups is 1. The van der Waals surface area contributed by atoms with E-state index in [-0.39, 0.29) is 0 Å². The van der Waals surface area contributed by atoms with E-state index in [0.717, 1.165) is 5.32 Å². The van der Waals surface area contributed by atoms with Gasteiger partial charge in [-0.05, 0) is 6.92 Å². The highest BCUT2D eigenvalue weighted by molar-refractivity contribution is 5.67. The molecule has 0 spiro atoms. The van der Waals surface area contributed by atoms with E-state index < -0.39 is 43.1 Å². The molecule has 1 atom stereocenters. The molecule has 0 aromatic heterocycles. The SMILES string of the molecule is CCOC(=O)NC(O)C(F)(F)C(F)(F)C(F)(F)C(F)F. The molecule has 0 radical (unpaired) electrons. The van der Waals surface area contributed by atoms with Crippen LogP contribution in [-0.2, 0) is 4.74 Å². The number of carbonyl (C=O) groups excluding carboxylic acids is 1. The van der Waals surface area contributed by atoms with Crippen LogP contribution in [0.15, 0.2) is 0 Å². The van der Waals surface area contributed by atoms with Gasteiger partial charge in [0.2, 0.25) is 6.23 Å². The van der Waals surface area contributed by atoms with Crippen molar-refractivity contribution in [2.45, 2.75) is 37.3 Å². The summed E-state index contributed by atoms with van der Waals surface area (Å²) in [5.74, 6) is -19.1. The molecule has 4 nitrogen and oxygen atoms in total. The quantitative estimate of drug-likeness (QED) is 0.583. The molecule has 0 aromatic rings. The highest BCUT2D eigenvalue weighted by Crippen LogP contribution is 2.49. The Balaban J connectivity index is 5.24. The summed E-state index contributed by atoms with van der Waals surface area (Å²) in [7, 11) is 0. The fourth-order valence-corrected chi connectivity index (χ4v) is 0.906. The lowest BCUT2D eigenvalue weighted by molar-refractivity contribution is -0.357. The van der Waals surface area contributed by atoms with Gasteiger partial charge in [0, 0.05) is 0 Å². The van der Waals surface area contributed by atoms with Crippen molar-refractivity contribution >= 4 is 6.09 Å². The van der Waals surface area contributed by atoms with Crippen LogP contribution in [0.25, 0.3) is 0 Å². The number of rotatable bonds is 6. The number of hydrogen-bond acceptors (Lipinski definition) is 3. The van der Waals surface area contributed by atoms with E-state index >= 15 is 0 Å². The maximum atomic E-state index is 13.0. The highest BCUT2D eigenvalue weighted by atomic mass is 19.4. The number of ether oxygens (including phenoxy) is 1. The predicted molar refractivity (Wildman–Crippen MR) is 47.0 cm³/mol. The second kappa shape index (κ2) is 5.97. The number of aliphatic hydroxyl groups is 1. The van der Waals surface area contributed by atoms with E-state index in [1.54, 1.807) is 0 Å². The van der Waals surface area contributed by atoms with E-state index in [9.17, 15) is 39.9 Å². The smallest absolute Gasteiger partial charge is 0.409 e. The lowest BCUT2D eigenvalue weighted by Gasteiger charge is -2.34. The number of alkyl halides is 8. The van der Waals surface area contributed by atoms with Crippen molar-refractivity contribution in [3.63, 3.8) is 0 Å². The third-order valence-electron chi connectivity index (χ3n) is 1.98. The first kappa shape index (κ1) is 18.7. The average molecular weight is 319 g/mol. The van der Waals surface area contributed by atoms with Crippen LogP contribution in [-0.4, -0.2) is 48.2 Å². The number of nitrogens with one attached hydrogen (secondary N) is 1. The van der Waals surface area contributed by atoms with Crippen molar-refractivity contribution in [2.75, 3.05) is 6.61 Å². The molecule has 0 aliphatic carbocycles. The highest BCUT2D eigenvalue weighted by Gasteiger charge is 2.77. The fraction of sp³-hybridized carbons (Fsp3) is 0.875. The molecule has 2 N–H and O–H groups in total. The molecule has 0 bridgehead atoms. The zero-order chi connectivity index (χ0) is 16.4. The van der Waals surface area contributed by atoms with Crippen molar-refractivity contribution in [3.05, 3.63) is 0 Å². The fourth-order valence-electron chi connectivity index (χ4n) is 0.906. The third kappa shape index (κ3) is 3.22. The van der Waals surface area contributed by atoms with Gasteiger partial charge in [-0.25, -0.2) is 13.6 Å². The second-order valence-corrected chi connectivity index (χ2v) is 3.39. The Morgan fingerprint density at radius 2 is 1.60 bits per heavy atom. The van der Waals surface area contributed by atoms with Gasteiger partial charge in [0.25, 0.3) is 0 Å². The average Bonchev–Trinajstić information content (AvgIpc) is 2.28. The molecule has 120 valence electrons. The molecule has 0 saturated heterocycles. The van der Waals surface area contributed by atoms with Crippen LogP contribution in [0.1, 0.15) is 6.92 Å². The summed E-state index contributed by atoms with van der Waals surface area (Å²) in [4.78, 5) is 10.6. The second-order valence-electron chi connectivity index (χ2n) is 3.39. The van der Waals surface area contributed by atoms with Crippen LogP contribution >= 0.6 is 0 Å². The van der Waals surface area contributed by atoms with Crippen LogP contribution in [0.4, 0.5) is 39.9 Å². The summed E-state index contributed by atoms with van der Waals surface area (Å²) in [6, 6.07) is 0. The summed E-state index contributed by atoms with van der Waals surface area (Å²) in [5, 5.41) is 9.36. The molecule has 12 heteroatoms. The van der Waals surface area contributed by atoms with Gasteiger partial charge in [0.15, 0.2) is 0 Å². The van der Waals surface area contributed by atoms with E-state index in [0.29, 0.717) is 0 Å². The minimum absolute atomic E-state index is 0.409. The van der Waals surface area contributed by atoms with E-state index in [1.807, 2.05) is 0 Å². The van der Waals surface area contributed by atoms with Gasteiger partial charge in [-0.2, -0.15) is 26.3 Å². The first-order valence-corrected chi connectivity index (χ1v) is 4.85. The van der Waals surface area contributed by atoms with Crippen molar-refractivity contribution in [2.24, 2.45) is 0 Å². The Hall–Kier alpha value is -1.33. The minimum Gasteiger partial charge on any atom is -0.450 e. The van der Waals surface area contributed by atoms with Crippen LogP contribution in [0.3, 0.4) is 0 Å². The molecule has 0 fully saturated rings. The van der Waals surface area contributed by atoms with Gasteiger partial charge in [0.05, 0.1) is 6.61 Å². The maximum absolute atomic E-state index is 13.0. The Labute approximate surface area is 106 Å². The first-order valence-electron chi connectivity index (χ1n) is 4.85. The van der Waals surface area contributed by atoms with Crippen LogP contribution in [0.2, 0.25) is 0 Å². The molecule has 20 heavy (non-hydrogen) atoms. The topological polar surface area (TPSA) is 58.6 Å². The lowest BCUT2D eigenvalue weighted by atomic mass is 10.0. The van der Waals surface area contributed by atoms with Gasteiger partial charge in [-0.15, -0.1) is 0 Å². The largest absolute Gasteiger partial charge is 0.450 e. The van der Waals surface area contributed by atoms with E-state index in [4.69, 9.17) is 5.11 Å². The molecule has 1 unspecified atom stereocenters. The van der Waals surface area contributed by atoms with Crippen molar-refractivity contribution in [1.82, 2.24) is 5.32 Å². The van der Waals surface area contributed by atoms with Crippen molar-refractivity contribution in [1.29, 1.82) is 0 Å². The first-order chi connectivity index (χ1) is 8.82. The van der Waals surface area contributed by atoms with Crippen LogP contribution < -0.4 is 5.32 Å². The standard InChI is InChI=1S/C8H9F8NO3/c1-2-20-5(19)17-4(18)7(13,14)8(15,16)6(11,12)3(9)10/h3-4,18H,2H2,1H3,(H,17,19). The molecule has 1 amide bonds. The van der Waals surface area contributed by atoms with Gasteiger partial charge in [-0.3, -0.25) is 5.32 Å². The van der Waals surface area contributed by atoms with Gasteiger partial charge >= 0.3 is 30.3 Å². The number of alkyl carbamates (subject to hydrolysis) is 1. The monoisotopic (exact) mass is 319 g/mol. The molecule has 0 aliphatic rings. The molecule has 0 aliphatic heterocycles. The predicted octanol–water partition coefficient (Wildman–Crippen LogP) is 2.22. The summed E-state index contributed by atoms with van der Waals surface area (Å²) < 4.78 is 104. The zero-order valence-corrected chi connectivity index (χ0v) is 9.65. The number of hydrogen-bond donors (Lipinski definition) is 2. The summed E-state index contributed by atoms with van der Waals surface area (Å²) >= 11 is 0. The number of halogens is 8. The van der Waals surface area contributed by atoms with Gasteiger partial charge in [-0.1, -0.05) is 0 Å². The Morgan fingerprint density at radius 1 is 1.15 bits per heavy atom. The Bertz CT molecular complexity index is 349. The van der Waals surface area contributed by atoms with Crippen molar-refractivity contribution < 1.29 is 49.8 Å². The van der Waals surface area contributed by atoms with E-state index in [1.165, 1.54) is 6.92 Å². The zero-order valence-electron chi connectivity index (χ0n) is 9.65.